The predicted octanol–water partition coefficient (Wildman–Crippen LogP) is 8.93. The molecule has 0 saturated heterocycles. The summed E-state index contributed by atoms with van der Waals surface area (Å²) in [5.74, 6) is 2.39. The van der Waals surface area contributed by atoms with Crippen LogP contribution in [0.4, 0.5) is 0 Å². The maximum Gasteiger partial charge on any atom is 0.253 e. The number of nitrogens with one attached hydrogen (secondary N) is 2. The molecule has 3 N–H and O–H groups in total. The normalized spacial score (nSPS) is 35.3. The number of fused-ring (bicyclic) bond motifs is 7. The van der Waals surface area contributed by atoms with Gasteiger partial charge in [-0.15, -0.1) is 0 Å². The van der Waals surface area contributed by atoms with E-state index < -0.39 is 0 Å². The van der Waals surface area contributed by atoms with Crippen molar-refractivity contribution in [2.45, 2.75) is 125 Å². The number of rotatable bonds is 12. The van der Waals surface area contributed by atoms with Gasteiger partial charge < -0.3 is 25.5 Å². The van der Waals surface area contributed by atoms with Crippen molar-refractivity contribution in [3.05, 3.63) is 82.9 Å². The van der Waals surface area contributed by atoms with Crippen molar-refractivity contribution >= 4 is 17.7 Å². The monoisotopic (exact) mass is 821 g/mol. The molecule has 3 amide bonds. The third-order valence-corrected chi connectivity index (χ3v) is 18.3. The molecule has 0 spiro atoms. The van der Waals surface area contributed by atoms with Crippen molar-refractivity contribution in [1.82, 2.24) is 20.4 Å². The summed E-state index contributed by atoms with van der Waals surface area (Å²) in [5, 5.41) is 17.6. The van der Waals surface area contributed by atoms with Gasteiger partial charge in [0.2, 0.25) is 5.91 Å². The Bertz CT molecular complexity index is 1940. The summed E-state index contributed by atoms with van der Waals surface area (Å²) in [6, 6.07) is 15.2. The Morgan fingerprint density at radius 2 is 1.50 bits per heavy atom. The van der Waals surface area contributed by atoms with Gasteiger partial charge in [0.05, 0.1) is 11.5 Å². The first-order valence-corrected chi connectivity index (χ1v) is 23.3. The first-order valence-electron chi connectivity index (χ1n) is 23.3. The number of carbonyl (C=O) groups excluding carboxylic acids is 3. The minimum atomic E-state index is -0.371. The zero-order chi connectivity index (χ0) is 43.4. The molecule has 5 saturated carbocycles. The Balaban J connectivity index is 0.984. The van der Waals surface area contributed by atoms with Crippen LogP contribution in [0.25, 0.3) is 0 Å². The SMILES string of the molecule is C=C(C)[C@@H]1CC[C@]2(C(=O)NCCc3cccc(C(=O)NCc4ccc(C(=O)N(C)CCN(C)C)cc4)c3)CC[C@]3(C)C(CCC4[C@@]5(C)CC[C@H](O)C(C)(C)C5CC[C@]43C)C12. The van der Waals surface area contributed by atoms with Gasteiger partial charge in [-0.25, -0.2) is 0 Å². The smallest absolute Gasteiger partial charge is 0.253 e. The minimum Gasteiger partial charge on any atom is -0.393 e. The van der Waals surface area contributed by atoms with Crippen LogP contribution in [0.3, 0.4) is 0 Å². The second-order valence-corrected chi connectivity index (χ2v) is 21.8. The number of nitrogens with zero attached hydrogens (tertiary/aromatic N) is 2. The van der Waals surface area contributed by atoms with Crippen LogP contribution in [0.1, 0.15) is 138 Å². The lowest BCUT2D eigenvalue weighted by molar-refractivity contribution is -0.246. The average molecular weight is 821 g/mol. The van der Waals surface area contributed by atoms with Crippen LogP contribution in [0, 0.1) is 56.7 Å². The molecule has 0 heterocycles. The van der Waals surface area contributed by atoms with Crippen LogP contribution in [0.15, 0.2) is 60.7 Å². The van der Waals surface area contributed by atoms with E-state index in [9.17, 15) is 19.5 Å². The van der Waals surface area contributed by atoms with E-state index >= 15 is 0 Å². The molecule has 2 aromatic rings. The number of allylic oxidation sites excluding steroid dienone is 1. The van der Waals surface area contributed by atoms with Crippen molar-refractivity contribution in [3.8, 4) is 0 Å². The molecule has 0 aliphatic heterocycles. The third-order valence-electron chi connectivity index (χ3n) is 18.3. The van der Waals surface area contributed by atoms with Gasteiger partial charge in [-0.2, -0.15) is 0 Å². The highest BCUT2D eigenvalue weighted by Crippen LogP contribution is 2.77. The number of hydrogen-bond acceptors (Lipinski definition) is 5. The Morgan fingerprint density at radius 1 is 0.767 bits per heavy atom. The topological polar surface area (TPSA) is 102 Å². The van der Waals surface area contributed by atoms with Gasteiger partial charge in [0.1, 0.15) is 0 Å². The number of amides is 3. The summed E-state index contributed by atoms with van der Waals surface area (Å²) in [6.07, 6.45) is 11.3. The number of hydrogen-bond donors (Lipinski definition) is 3. The van der Waals surface area contributed by atoms with Crippen molar-refractivity contribution < 1.29 is 19.5 Å². The van der Waals surface area contributed by atoms with E-state index in [0.29, 0.717) is 66.8 Å². The van der Waals surface area contributed by atoms with Gasteiger partial charge in [0.15, 0.2) is 0 Å². The summed E-state index contributed by atoms with van der Waals surface area (Å²) in [7, 11) is 5.80. The average Bonchev–Trinajstić information content (AvgIpc) is 3.62. The summed E-state index contributed by atoms with van der Waals surface area (Å²) in [5.41, 5.74) is 4.58. The Kier molecular flexibility index (Phi) is 12.4. The summed E-state index contributed by atoms with van der Waals surface area (Å²) >= 11 is 0. The largest absolute Gasteiger partial charge is 0.393 e. The van der Waals surface area contributed by atoms with E-state index in [1.807, 2.05) is 69.7 Å². The molecular weight excluding hydrogens is 745 g/mol. The number of carbonyl (C=O) groups is 3. The molecule has 5 fully saturated rings. The Hall–Kier alpha value is -3.49. The molecular formula is C52H76N4O4. The van der Waals surface area contributed by atoms with Gasteiger partial charge in [0, 0.05) is 44.4 Å². The minimum absolute atomic E-state index is 0.0175. The van der Waals surface area contributed by atoms with E-state index in [-0.39, 0.29) is 50.9 Å². The molecule has 5 aliphatic carbocycles. The summed E-state index contributed by atoms with van der Waals surface area (Å²) in [4.78, 5) is 44.6. The van der Waals surface area contributed by atoms with Crippen molar-refractivity contribution in [1.29, 1.82) is 0 Å². The molecule has 60 heavy (non-hydrogen) atoms. The van der Waals surface area contributed by atoms with Gasteiger partial charge >= 0.3 is 0 Å². The van der Waals surface area contributed by atoms with E-state index in [1.54, 1.807) is 4.90 Å². The maximum atomic E-state index is 14.7. The molecule has 5 aliphatic rings. The number of aliphatic hydroxyl groups is 1. The molecule has 0 aromatic heterocycles. The number of likely N-dealkylation sites (N-methyl/N-ethyl adjacent to an activating group) is 2. The molecule has 328 valence electrons. The van der Waals surface area contributed by atoms with Gasteiger partial charge in [0.25, 0.3) is 11.8 Å². The summed E-state index contributed by atoms with van der Waals surface area (Å²) in [6.45, 7) is 21.6. The molecule has 2 aromatic carbocycles. The molecule has 10 atom stereocenters. The van der Waals surface area contributed by atoms with Crippen LogP contribution < -0.4 is 10.6 Å². The molecule has 7 rings (SSSR count). The van der Waals surface area contributed by atoms with Crippen LogP contribution in [-0.2, 0) is 17.8 Å². The second-order valence-electron chi connectivity index (χ2n) is 21.8. The zero-order valence-corrected chi connectivity index (χ0v) is 38.5. The molecule has 8 nitrogen and oxygen atoms in total. The fourth-order valence-corrected chi connectivity index (χ4v) is 14.6. The van der Waals surface area contributed by atoms with Gasteiger partial charge in [-0.1, -0.05) is 71.0 Å². The maximum absolute atomic E-state index is 14.7. The van der Waals surface area contributed by atoms with Crippen LogP contribution in [0.5, 0.6) is 0 Å². The van der Waals surface area contributed by atoms with Crippen LogP contribution in [-0.4, -0.2) is 79.5 Å². The molecule has 0 radical (unpaired) electrons. The lowest BCUT2D eigenvalue weighted by atomic mass is 9.32. The van der Waals surface area contributed by atoms with Crippen LogP contribution in [0.2, 0.25) is 0 Å². The highest BCUT2D eigenvalue weighted by Gasteiger charge is 2.71. The van der Waals surface area contributed by atoms with Crippen LogP contribution >= 0.6 is 0 Å². The van der Waals surface area contributed by atoms with Crippen molar-refractivity contribution in [2.75, 3.05) is 40.8 Å². The highest BCUT2D eigenvalue weighted by atomic mass is 16.3. The zero-order valence-electron chi connectivity index (χ0n) is 38.5. The Morgan fingerprint density at radius 3 is 2.20 bits per heavy atom. The molecule has 0 bridgehead atoms. The Labute approximate surface area is 361 Å². The van der Waals surface area contributed by atoms with E-state index in [1.165, 1.54) is 31.3 Å². The first kappa shape index (κ1) is 44.6. The first-order chi connectivity index (χ1) is 28.3. The lowest BCUT2D eigenvalue weighted by Gasteiger charge is -2.72. The number of benzene rings is 2. The van der Waals surface area contributed by atoms with E-state index in [4.69, 9.17) is 0 Å². The summed E-state index contributed by atoms with van der Waals surface area (Å²) < 4.78 is 0. The van der Waals surface area contributed by atoms with Gasteiger partial charge in [-0.05, 0) is 178 Å². The fourth-order valence-electron chi connectivity index (χ4n) is 14.6. The second kappa shape index (κ2) is 16.7. The van der Waals surface area contributed by atoms with Crippen molar-refractivity contribution in [2.24, 2.45) is 56.7 Å². The fraction of sp³-hybridized carbons (Fsp3) is 0.673. The quantitative estimate of drug-likeness (QED) is 0.186. The molecule has 4 unspecified atom stereocenters. The number of aliphatic hydroxyl groups excluding tert-OH is 1. The van der Waals surface area contributed by atoms with E-state index in [2.05, 4.69) is 63.7 Å². The third kappa shape index (κ3) is 7.58. The lowest BCUT2D eigenvalue weighted by Crippen LogP contribution is -2.67. The van der Waals surface area contributed by atoms with E-state index in [0.717, 1.165) is 56.2 Å². The van der Waals surface area contributed by atoms with Gasteiger partial charge in [-0.3, -0.25) is 14.4 Å². The highest BCUT2D eigenvalue weighted by molar-refractivity contribution is 5.95. The predicted molar refractivity (Wildman–Crippen MR) is 241 cm³/mol. The van der Waals surface area contributed by atoms with Crippen molar-refractivity contribution in [3.63, 3.8) is 0 Å². The molecule has 8 heteroatoms. The standard InChI is InChI=1S/C52H76N4O4/c1-34(2)39-20-26-52(28-27-50(6)40(44(39)52)18-19-42-49(5)24-22-43(57)48(3,4)41(49)21-25-51(42,50)7)47(60)53-29-23-35-12-11-13-38(32-35)45(58)54-33-36-14-16-37(17-15-36)46(59)56(10)31-30-55(8)9/h11-17,32,39-44,57H,1,18-31,33H2,2-10H3,(H,53,60)(H,54,58)/t39-,40?,41?,42?,43-,44?,49-,50+,51+,52-/m0/s1.